The Bertz CT molecular complexity index is 697. The minimum Gasteiger partial charge on any atom is -0.369 e. The summed E-state index contributed by atoms with van der Waals surface area (Å²) in [7, 11) is 0. The first-order chi connectivity index (χ1) is 10.1. The third-order valence-corrected chi connectivity index (χ3v) is 4.86. The van der Waals surface area contributed by atoms with Crippen LogP contribution in [0, 0.1) is 6.92 Å². The number of nitrogens with two attached hydrogens (primary N) is 1. The molecule has 3 nitrogen and oxygen atoms in total. The molecular weight excluding hydrogens is 350 g/mol. The van der Waals surface area contributed by atoms with E-state index in [1.165, 1.54) is 5.56 Å². The summed E-state index contributed by atoms with van der Waals surface area (Å²) < 4.78 is 0.890. The SMILES string of the molecule is Cc1ccc(N2C(N)=NCC2c2ccc(Br)c(Cl)c2)cc1. The molecule has 3 rings (SSSR count). The summed E-state index contributed by atoms with van der Waals surface area (Å²) in [6.45, 7) is 2.70. The molecule has 0 spiro atoms. The summed E-state index contributed by atoms with van der Waals surface area (Å²) in [5.74, 6) is 0.544. The number of halogens is 2. The Balaban J connectivity index is 1.98. The van der Waals surface area contributed by atoms with Crippen LogP contribution in [-0.2, 0) is 0 Å². The van der Waals surface area contributed by atoms with Crippen molar-refractivity contribution in [2.75, 3.05) is 11.4 Å². The fourth-order valence-corrected chi connectivity index (χ4v) is 2.92. The molecule has 2 aromatic rings. The molecule has 0 aliphatic carbocycles. The Morgan fingerprint density at radius 2 is 1.95 bits per heavy atom. The lowest BCUT2D eigenvalue weighted by atomic mass is 10.1. The predicted molar refractivity (Wildman–Crippen MR) is 92.0 cm³/mol. The van der Waals surface area contributed by atoms with Crippen LogP contribution >= 0.6 is 27.5 Å². The number of aliphatic imine (C=N–C) groups is 1. The van der Waals surface area contributed by atoms with Gasteiger partial charge >= 0.3 is 0 Å². The molecule has 108 valence electrons. The largest absolute Gasteiger partial charge is 0.369 e. The standard InChI is InChI=1S/C16H15BrClN3/c1-10-2-5-12(6-3-10)21-15(9-20-16(21)19)11-4-7-13(17)14(18)8-11/h2-8,15H,9H2,1H3,(H2,19,20). The number of hydrogen-bond donors (Lipinski definition) is 1. The van der Waals surface area contributed by atoms with E-state index in [1.54, 1.807) is 0 Å². The van der Waals surface area contributed by atoms with E-state index < -0.39 is 0 Å². The molecule has 1 aliphatic rings. The third-order valence-electron chi connectivity index (χ3n) is 3.63. The molecule has 0 aromatic heterocycles. The van der Waals surface area contributed by atoms with Gasteiger partial charge in [0.25, 0.3) is 0 Å². The van der Waals surface area contributed by atoms with Gasteiger partial charge in [-0.3, -0.25) is 4.99 Å². The Labute approximate surface area is 137 Å². The van der Waals surface area contributed by atoms with Crippen LogP contribution in [0.1, 0.15) is 17.2 Å². The highest BCUT2D eigenvalue weighted by Crippen LogP contribution is 2.34. The molecule has 1 heterocycles. The molecule has 0 bridgehead atoms. The van der Waals surface area contributed by atoms with Crippen LogP contribution in [0.4, 0.5) is 5.69 Å². The minimum atomic E-state index is 0.0818. The maximum absolute atomic E-state index is 6.21. The number of aryl methyl sites for hydroxylation is 1. The van der Waals surface area contributed by atoms with Crippen molar-refractivity contribution >= 4 is 39.2 Å². The molecular formula is C16H15BrClN3. The summed E-state index contributed by atoms with van der Waals surface area (Å²) in [4.78, 5) is 6.45. The monoisotopic (exact) mass is 363 g/mol. The molecule has 1 aliphatic heterocycles. The van der Waals surface area contributed by atoms with Gasteiger partial charge in [-0.1, -0.05) is 35.4 Å². The predicted octanol–water partition coefficient (Wildman–Crippen LogP) is 4.29. The first-order valence-electron chi connectivity index (χ1n) is 6.67. The lowest BCUT2D eigenvalue weighted by Gasteiger charge is -2.27. The van der Waals surface area contributed by atoms with Gasteiger partial charge in [-0.2, -0.15) is 0 Å². The van der Waals surface area contributed by atoms with Crippen LogP contribution < -0.4 is 10.6 Å². The van der Waals surface area contributed by atoms with Crippen LogP contribution in [0.2, 0.25) is 5.02 Å². The molecule has 0 amide bonds. The van der Waals surface area contributed by atoms with Crippen LogP contribution in [0.3, 0.4) is 0 Å². The first-order valence-corrected chi connectivity index (χ1v) is 7.84. The van der Waals surface area contributed by atoms with Gasteiger partial charge in [-0.05, 0) is 52.7 Å². The molecule has 2 N–H and O–H groups in total. The summed E-state index contributed by atoms with van der Waals surface area (Å²) in [5.41, 5.74) is 9.45. The summed E-state index contributed by atoms with van der Waals surface area (Å²) >= 11 is 9.63. The van der Waals surface area contributed by atoms with Gasteiger partial charge in [-0.25, -0.2) is 0 Å². The van der Waals surface area contributed by atoms with Crippen molar-refractivity contribution in [1.29, 1.82) is 0 Å². The van der Waals surface area contributed by atoms with Gasteiger partial charge in [-0.15, -0.1) is 0 Å². The van der Waals surface area contributed by atoms with Crippen molar-refractivity contribution in [3.63, 3.8) is 0 Å². The minimum absolute atomic E-state index is 0.0818. The van der Waals surface area contributed by atoms with Crippen LogP contribution in [0.15, 0.2) is 51.9 Å². The van der Waals surface area contributed by atoms with Crippen molar-refractivity contribution < 1.29 is 0 Å². The summed E-state index contributed by atoms with van der Waals surface area (Å²) in [6, 6.07) is 14.3. The maximum atomic E-state index is 6.21. The Hall–Kier alpha value is -1.52. The molecule has 5 heteroatoms. The molecule has 0 radical (unpaired) electrons. The zero-order valence-corrected chi connectivity index (χ0v) is 13.9. The molecule has 0 saturated carbocycles. The average molecular weight is 365 g/mol. The maximum Gasteiger partial charge on any atom is 0.196 e. The van der Waals surface area contributed by atoms with Gasteiger partial charge in [0.1, 0.15) is 0 Å². The van der Waals surface area contributed by atoms with Gasteiger partial charge in [0.2, 0.25) is 0 Å². The molecule has 0 fully saturated rings. The second kappa shape index (κ2) is 5.70. The molecule has 2 aromatic carbocycles. The van der Waals surface area contributed by atoms with Crippen LogP contribution in [0.25, 0.3) is 0 Å². The van der Waals surface area contributed by atoms with E-state index in [0.717, 1.165) is 15.7 Å². The zero-order valence-electron chi connectivity index (χ0n) is 11.6. The quantitative estimate of drug-likeness (QED) is 0.864. The van der Waals surface area contributed by atoms with E-state index in [2.05, 4.69) is 63.1 Å². The Morgan fingerprint density at radius 1 is 1.24 bits per heavy atom. The van der Waals surface area contributed by atoms with Gasteiger partial charge in [0.15, 0.2) is 5.96 Å². The van der Waals surface area contributed by atoms with Crippen LogP contribution in [0.5, 0.6) is 0 Å². The number of guanidine groups is 1. The van der Waals surface area contributed by atoms with E-state index in [9.17, 15) is 0 Å². The topological polar surface area (TPSA) is 41.6 Å². The normalized spacial score (nSPS) is 18.0. The fourth-order valence-electron chi connectivity index (χ4n) is 2.49. The lowest BCUT2D eigenvalue weighted by molar-refractivity contribution is 0.768. The first kappa shape index (κ1) is 14.4. The Morgan fingerprint density at radius 3 is 2.62 bits per heavy atom. The van der Waals surface area contributed by atoms with Crippen molar-refractivity contribution in [2.24, 2.45) is 10.7 Å². The van der Waals surface area contributed by atoms with Gasteiger partial charge in [0, 0.05) is 10.2 Å². The van der Waals surface area contributed by atoms with Crippen molar-refractivity contribution in [2.45, 2.75) is 13.0 Å². The molecule has 1 atom stereocenters. The highest BCUT2D eigenvalue weighted by Gasteiger charge is 2.29. The molecule has 1 unspecified atom stereocenters. The number of benzene rings is 2. The van der Waals surface area contributed by atoms with Crippen molar-refractivity contribution in [1.82, 2.24) is 0 Å². The second-order valence-corrected chi connectivity index (χ2v) is 6.36. The van der Waals surface area contributed by atoms with E-state index >= 15 is 0 Å². The number of hydrogen-bond acceptors (Lipinski definition) is 3. The smallest absolute Gasteiger partial charge is 0.196 e. The van der Waals surface area contributed by atoms with Crippen molar-refractivity contribution in [3.8, 4) is 0 Å². The van der Waals surface area contributed by atoms with E-state index in [1.807, 2.05) is 12.1 Å². The van der Waals surface area contributed by atoms with E-state index in [-0.39, 0.29) is 6.04 Å². The van der Waals surface area contributed by atoms with Crippen molar-refractivity contribution in [3.05, 3.63) is 63.1 Å². The van der Waals surface area contributed by atoms with E-state index in [0.29, 0.717) is 17.5 Å². The highest BCUT2D eigenvalue weighted by molar-refractivity contribution is 9.10. The number of anilines is 1. The lowest BCUT2D eigenvalue weighted by Crippen LogP contribution is -2.36. The zero-order chi connectivity index (χ0) is 15.0. The third kappa shape index (κ3) is 2.78. The Kier molecular flexibility index (Phi) is 3.91. The van der Waals surface area contributed by atoms with Crippen LogP contribution in [-0.4, -0.2) is 12.5 Å². The molecule has 0 saturated heterocycles. The second-order valence-electron chi connectivity index (χ2n) is 5.09. The summed E-state index contributed by atoms with van der Waals surface area (Å²) in [5, 5.41) is 0.696. The number of rotatable bonds is 2. The number of nitrogens with zero attached hydrogens (tertiary/aromatic N) is 2. The van der Waals surface area contributed by atoms with Gasteiger partial charge in [0.05, 0.1) is 17.6 Å². The highest BCUT2D eigenvalue weighted by atomic mass is 79.9. The molecule has 21 heavy (non-hydrogen) atoms. The summed E-state index contributed by atoms with van der Waals surface area (Å²) in [6.07, 6.45) is 0. The van der Waals surface area contributed by atoms with Gasteiger partial charge < -0.3 is 10.6 Å². The fraction of sp³-hybridized carbons (Fsp3) is 0.188. The van der Waals surface area contributed by atoms with E-state index in [4.69, 9.17) is 17.3 Å². The average Bonchev–Trinajstić information content (AvgIpc) is 2.85.